The first kappa shape index (κ1) is 17.2. The molecule has 0 radical (unpaired) electrons. The molecule has 0 unspecified atom stereocenters. The van der Waals surface area contributed by atoms with Crippen LogP contribution in [0.4, 0.5) is 0 Å². The highest BCUT2D eigenvalue weighted by Gasteiger charge is 2.24. The number of nitrogens with zero attached hydrogens (tertiary/aromatic N) is 2. The number of phenolic OH excluding ortho intramolecular Hbond substituents is 1. The number of hydrogen-bond donors (Lipinski definition) is 1. The molecule has 1 heterocycles. The number of imidazole rings is 1. The zero-order valence-corrected chi connectivity index (χ0v) is 15.8. The summed E-state index contributed by atoms with van der Waals surface area (Å²) in [6, 6.07) is 25.7. The van der Waals surface area contributed by atoms with E-state index in [1.54, 1.807) is 12.1 Å². The van der Waals surface area contributed by atoms with Gasteiger partial charge >= 0.3 is 0 Å². The standard InChI is InChI=1S/C22H15BrN2O2/c23-22-24-19(15-8-3-1-4-9-15)20(16-10-5-2-6-11-16)25(22)21(27)17-12-7-13-18(26)14-17/h1-14,26H. The number of aromatic hydroxyl groups is 1. The topological polar surface area (TPSA) is 55.1 Å². The van der Waals surface area contributed by atoms with E-state index in [2.05, 4.69) is 20.9 Å². The first-order chi connectivity index (χ1) is 13.1. The first-order valence-electron chi connectivity index (χ1n) is 8.38. The lowest BCUT2D eigenvalue weighted by atomic mass is 10.0. The van der Waals surface area contributed by atoms with Crippen molar-refractivity contribution in [3.63, 3.8) is 0 Å². The van der Waals surface area contributed by atoms with Gasteiger partial charge in [-0.1, -0.05) is 66.7 Å². The third-order valence-corrected chi connectivity index (χ3v) is 4.76. The molecule has 0 amide bonds. The monoisotopic (exact) mass is 418 g/mol. The van der Waals surface area contributed by atoms with Crippen LogP contribution in [0.15, 0.2) is 89.7 Å². The zero-order chi connectivity index (χ0) is 18.8. The molecule has 0 bridgehead atoms. The third kappa shape index (κ3) is 3.29. The van der Waals surface area contributed by atoms with Crippen molar-refractivity contribution in [3.05, 3.63) is 95.2 Å². The molecule has 0 spiro atoms. The zero-order valence-electron chi connectivity index (χ0n) is 14.2. The molecule has 0 aliphatic carbocycles. The molecule has 132 valence electrons. The summed E-state index contributed by atoms with van der Waals surface area (Å²) in [5.41, 5.74) is 3.58. The molecular weight excluding hydrogens is 404 g/mol. The van der Waals surface area contributed by atoms with E-state index >= 15 is 0 Å². The van der Waals surface area contributed by atoms with Crippen molar-refractivity contribution >= 4 is 21.8 Å². The smallest absolute Gasteiger partial charge is 0.264 e. The van der Waals surface area contributed by atoms with Crippen molar-refractivity contribution in [2.24, 2.45) is 0 Å². The van der Waals surface area contributed by atoms with Crippen LogP contribution < -0.4 is 0 Å². The highest BCUT2D eigenvalue weighted by molar-refractivity contribution is 9.10. The van der Waals surface area contributed by atoms with Crippen LogP contribution in [-0.2, 0) is 0 Å². The summed E-state index contributed by atoms with van der Waals surface area (Å²) in [6.07, 6.45) is 0. The lowest BCUT2D eigenvalue weighted by molar-refractivity contribution is 0.0958. The van der Waals surface area contributed by atoms with Crippen LogP contribution in [0.3, 0.4) is 0 Å². The van der Waals surface area contributed by atoms with Gasteiger partial charge in [0.05, 0.1) is 11.4 Å². The Kier molecular flexibility index (Phi) is 4.60. The predicted octanol–water partition coefficient (Wildman–Crippen LogP) is 5.37. The average Bonchev–Trinajstić information content (AvgIpc) is 3.06. The number of carbonyl (C=O) groups excluding carboxylic acids is 1. The van der Waals surface area contributed by atoms with E-state index in [1.165, 1.54) is 16.7 Å². The fraction of sp³-hybridized carbons (Fsp3) is 0. The van der Waals surface area contributed by atoms with E-state index in [0.29, 0.717) is 21.7 Å². The van der Waals surface area contributed by atoms with Gasteiger partial charge in [-0.05, 0) is 34.1 Å². The van der Waals surface area contributed by atoms with Crippen LogP contribution in [0.1, 0.15) is 10.4 Å². The largest absolute Gasteiger partial charge is 0.508 e. The van der Waals surface area contributed by atoms with Crippen molar-refractivity contribution in [3.8, 4) is 28.3 Å². The number of benzene rings is 3. The van der Waals surface area contributed by atoms with Crippen LogP contribution in [0, 0.1) is 0 Å². The number of hydrogen-bond acceptors (Lipinski definition) is 3. The van der Waals surface area contributed by atoms with Gasteiger partial charge in [0.1, 0.15) is 5.75 Å². The van der Waals surface area contributed by atoms with E-state index < -0.39 is 0 Å². The van der Waals surface area contributed by atoms with Gasteiger partial charge in [-0.15, -0.1) is 0 Å². The quantitative estimate of drug-likeness (QED) is 0.486. The van der Waals surface area contributed by atoms with Crippen LogP contribution in [0.5, 0.6) is 5.75 Å². The molecule has 3 aromatic carbocycles. The molecule has 0 aliphatic heterocycles. The van der Waals surface area contributed by atoms with Gasteiger partial charge in [0.25, 0.3) is 5.91 Å². The number of carbonyl (C=O) groups is 1. The molecule has 0 aliphatic rings. The Hall–Kier alpha value is -3.18. The SMILES string of the molecule is O=C(c1cccc(O)c1)n1c(Br)nc(-c2ccccc2)c1-c1ccccc1. The lowest BCUT2D eigenvalue weighted by Gasteiger charge is -2.11. The minimum atomic E-state index is -0.272. The highest BCUT2D eigenvalue weighted by Crippen LogP contribution is 2.35. The Morgan fingerprint density at radius 3 is 2.11 bits per heavy atom. The Bertz CT molecular complexity index is 1110. The van der Waals surface area contributed by atoms with Gasteiger partial charge in [0, 0.05) is 16.7 Å². The van der Waals surface area contributed by atoms with Gasteiger partial charge in [0.15, 0.2) is 4.73 Å². The number of phenols is 1. The van der Waals surface area contributed by atoms with E-state index in [1.807, 2.05) is 60.7 Å². The molecule has 1 N–H and O–H groups in total. The molecular formula is C22H15BrN2O2. The van der Waals surface area contributed by atoms with Crippen LogP contribution in [0.2, 0.25) is 0 Å². The number of halogens is 1. The molecule has 0 saturated carbocycles. The van der Waals surface area contributed by atoms with Gasteiger partial charge < -0.3 is 5.11 Å². The Balaban J connectivity index is 1.97. The second-order valence-electron chi connectivity index (χ2n) is 6.00. The van der Waals surface area contributed by atoms with Crippen LogP contribution in [0.25, 0.3) is 22.5 Å². The molecule has 1 aromatic heterocycles. The fourth-order valence-electron chi connectivity index (χ4n) is 3.01. The third-order valence-electron chi connectivity index (χ3n) is 4.23. The summed E-state index contributed by atoms with van der Waals surface area (Å²) < 4.78 is 1.94. The summed E-state index contributed by atoms with van der Waals surface area (Å²) >= 11 is 3.45. The second kappa shape index (κ2) is 7.21. The maximum atomic E-state index is 13.2. The molecule has 27 heavy (non-hydrogen) atoms. The highest BCUT2D eigenvalue weighted by atomic mass is 79.9. The van der Waals surface area contributed by atoms with Crippen molar-refractivity contribution in [1.82, 2.24) is 9.55 Å². The van der Waals surface area contributed by atoms with Crippen molar-refractivity contribution in [2.45, 2.75) is 0 Å². The lowest BCUT2D eigenvalue weighted by Crippen LogP contribution is -2.13. The predicted molar refractivity (Wildman–Crippen MR) is 109 cm³/mol. The summed E-state index contributed by atoms with van der Waals surface area (Å²) in [5, 5.41) is 9.76. The average molecular weight is 419 g/mol. The van der Waals surface area contributed by atoms with Crippen molar-refractivity contribution in [1.29, 1.82) is 0 Å². The Morgan fingerprint density at radius 2 is 1.48 bits per heavy atom. The number of rotatable bonds is 3. The summed E-state index contributed by atoms with van der Waals surface area (Å²) in [4.78, 5) is 17.9. The van der Waals surface area contributed by atoms with Crippen molar-refractivity contribution in [2.75, 3.05) is 0 Å². The molecule has 0 atom stereocenters. The van der Waals surface area contributed by atoms with Gasteiger partial charge in [-0.3, -0.25) is 9.36 Å². The molecule has 4 nitrogen and oxygen atoms in total. The minimum absolute atomic E-state index is 0.0432. The van der Waals surface area contributed by atoms with Crippen molar-refractivity contribution < 1.29 is 9.90 Å². The van der Waals surface area contributed by atoms with E-state index in [4.69, 9.17) is 0 Å². The Labute approximate surface area is 164 Å². The van der Waals surface area contributed by atoms with Gasteiger partial charge in [-0.25, -0.2) is 4.98 Å². The van der Waals surface area contributed by atoms with Gasteiger partial charge in [0.2, 0.25) is 0 Å². The normalized spacial score (nSPS) is 10.7. The molecule has 0 fully saturated rings. The maximum Gasteiger partial charge on any atom is 0.264 e. The van der Waals surface area contributed by atoms with Gasteiger partial charge in [-0.2, -0.15) is 0 Å². The Morgan fingerprint density at radius 1 is 0.852 bits per heavy atom. The minimum Gasteiger partial charge on any atom is -0.508 e. The molecule has 5 heteroatoms. The van der Waals surface area contributed by atoms with E-state index in [0.717, 1.165) is 11.1 Å². The molecule has 4 aromatic rings. The van der Waals surface area contributed by atoms with Crippen LogP contribution >= 0.6 is 15.9 Å². The summed E-state index contributed by atoms with van der Waals surface area (Å²) in [5.74, 6) is -0.229. The molecule has 0 saturated heterocycles. The first-order valence-corrected chi connectivity index (χ1v) is 9.17. The van der Waals surface area contributed by atoms with E-state index in [9.17, 15) is 9.90 Å². The van der Waals surface area contributed by atoms with Crippen LogP contribution in [-0.4, -0.2) is 20.6 Å². The van der Waals surface area contributed by atoms with E-state index in [-0.39, 0.29) is 11.7 Å². The summed E-state index contributed by atoms with van der Waals surface area (Å²) in [6.45, 7) is 0. The molecule has 4 rings (SSSR count). The summed E-state index contributed by atoms with van der Waals surface area (Å²) in [7, 11) is 0. The second-order valence-corrected chi connectivity index (χ2v) is 6.71. The number of aromatic nitrogens is 2. The maximum absolute atomic E-state index is 13.2. The fourth-order valence-corrected chi connectivity index (χ4v) is 3.52.